The first kappa shape index (κ1) is 23.3. The largest absolute Gasteiger partial charge is 0.444 e. The summed E-state index contributed by atoms with van der Waals surface area (Å²) in [4.78, 5) is 18.4. The molecule has 0 bridgehead atoms. The van der Waals surface area contributed by atoms with E-state index in [-0.39, 0.29) is 36.1 Å². The summed E-state index contributed by atoms with van der Waals surface area (Å²) in [6.07, 6.45) is 2.90. The summed E-state index contributed by atoms with van der Waals surface area (Å²) >= 11 is 0. The number of hydrogen-bond acceptors (Lipinski definition) is 3. The van der Waals surface area contributed by atoms with Crippen molar-refractivity contribution < 1.29 is 9.53 Å². The number of carbonyl (C=O) groups is 1. The van der Waals surface area contributed by atoms with Crippen molar-refractivity contribution in [1.29, 1.82) is 0 Å². The molecule has 7 heteroatoms. The fourth-order valence-corrected chi connectivity index (χ4v) is 2.69. The van der Waals surface area contributed by atoms with Gasteiger partial charge in [-0.2, -0.15) is 0 Å². The zero-order valence-electron chi connectivity index (χ0n) is 16.0. The van der Waals surface area contributed by atoms with Gasteiger partial charge in [0.05, 0.1) is 6.04 Å². The number of guanidine groups is 1. The van der Waals surface area contributed by atoms with Gasteiger partial charge in [-0.05, 0) is 33.1 Å². The number of rotatable bonds is 5. The Labute approximate surface area is 164 Å². The second-order valence-electron chi connectivity index (χ2n) is 7.19. The molecule has 0 radical (unpaired) electrons. The molecular formula is C17H35IN4O2. The van der Waals surface area contributed by atoms with Gasteiger partial charge in [0.2, 0.25) is 0 Å². The van der Waals surface area contributed by atoms with Crippen LogP contribution in [0.5, 0.6) is 0 Å². The van der Waals surface area contributed by atoms with Crippen molar-refractivity contribution in [3.63, 3.8) is 0 Å². The summed E-state index contributed by atoms with van der Waals surface area (Å²) in [5.74, 6) is 1.59. The van der Waals surface area contributed by atoms with Gasteiger partial charge in [-0.15, -0.1) is 24.0 Å². The van der Waals surface area contributed by atoms with E-state index < -0.39 is 5.60 Å². The average molecular weight is 454 g/mol. The van der Waals surface area contributed by atoms with E-state index in [0.717, 1.165) is 32.0 Å². The molecule has 0 aromatic carbocycles. The topological polar surface area (TPSA) is 66.0 Å². The highest BCUT2D eigenvalue weighted by Crippen LogP contribution is 2.12. The number of hydrogen-bond donors (Lipinski definition) is 2. The molecular weight excluding hydrogens is 419 g/mol. The van der Waals surface area contributed by atoms with Crippen LogP contribution in [0.25, 0.3) is 0 Å². The minimum Gasteiger partial charge on any atom is -0.444 e. The van der Waals surface area contributed by atoms with Crippen LogP contribution in [-0.4, -0.2) is 55.3 Å². The van der Waals surface area contributed by atoms with Crippen LogP contribution in [0.4, 0.5) is 4.79 Å². The minimum absolute atomic E-state index is 0. The molecule has 1 atom stereocenters. The Morgan fingerprint density at radius 1 is 1.33 bits per heavy atom. The van der Waals surface area contributed by atoms with Crippen molar-refractivity contribution in [2.45, 2.75) is 65.5 Å². The molecule has 1 saturated heterocycles. The Hall–Kier alpha value is -0.730. The van der Waals surface area contributed by atoms with E-state index in [4.69, 9.17) is 4.74 Å². The van der Waals surface area contributed by atoms with E-state index in [1.165, 1.54) is 12.8 Å². The monoisotopic (exact) mass is 454 g/mol. The van der Waals surface area contributed by atoms with Crippen LogP contribution in [-0.2, 0) is 4.74 Å². The molecule has 6 nitrogen and oxygen atoms in total. The predicted octanol–water partition coefficient (Wildman–Crippen LogP) is 3.22. The van der Waals surface area contributed by atoms with Gasteiger partial charge in [0, 0.05) is 26.7 Å². The first-order valence-corrected chi connectivity index (χ1v) is 8.74. The fourth-order valence-electron chi connectivity index (χ4n) is 2.69. The van der Waals surface area contributed by atoms with Gasteiger partial charge in [-0.25, -0.2) is 4.79 Å². The maximum absolute atomic E-state index is 11.9. The van der Waals surface area contributed by atoms with Crippen LogP contribution < -0.4 is 10.6 Å². The fraction of sp³-hybridized carbons (Fsp3) is 0.882. The number of likely N-dealkylation sites (tertiary alicyclic amines) is 1. The highest BCUT2D eigenvalue weighted by atomic mass is 127. The lowest BCUT2D eigenvalue weighted by Gasteiger charge is -2.24. The first-order chi connectivity index (χ1) is 10.8. The second-order valence-corrected chi connectivity index (χ2v) is 7.19. The zero-order chi connectivity index (χ0) is 17.5. The van der Waals surface area contributed by atoms with Crippen molar-refractivity contribution in [1.82, 2.24) is 15.5 Å². The molecule has 1 rings (SSSR count). The molecule has 1 aliphatic heterocycles. The van der Waals surface area contributed by atoms with Gasteiger partial charge in [0.1, 0.15) is 5.60 Å². The smallest absolute Gasteiger partial charge is 0.407 e. The average Bonchev–Trinajstić information content (AvgIpc) is 2.90. The molecule has 142 valence electrons. The van der Waals surface area contributed by atoms with Crippen LogP contribution in [0.3, 0.4) is 0 Å². The van der Waals surface area contributed by atoms with E-state index in [2.05, 4.69) is 34.4 Å². The van der Waals surface area contributed by atoms with E-state index >= 15 is 0 Å². The van der Waals surface area contributed by atoms with Crippen LogP contribution in [0, 0.1) is 5.92 Å². The minimum atomic E-state index is -0.463. The number of halogens is 1. The van der Waals surface area contributed by atoms with Crippen molar-refractivity contribution in [2.24, 2.45) is 10.9 Å². The number of carbonyl (C=O) groups excluding carboxylic acids is 1. The third kappa shape index (κ3) is 8.39. The molecule has 0 aromatic heterocycles. The molecule has 24 heavy (non-hydrogen) atoms. The summed E-state index contributed by atoms with van der Waals surface area (Å²) < 4.78 is 5.32. The third-order valence-corrected chi connectivity index (χ3v) is 4.12. The molecule has 0 saturated carbocycles. The Morgan fingerprint density at radius 3 is 2.46 bits per heavy atom. The normalized spacial score (nSPS) is 18.4. The Balaban J connectivity index is 0.00000529. The van der Waals surface area contributed by atoms with Gasteiger partial charge < -0.3 is 20.3 Å². The molecule has 1 amide bonds. The van der Waals surface area contributed by atoms with E-state index in [1.807, 2.05) is 27.8 Å². The van der Waals surface area contributed by atoms with Crippen molar-refractivity contribution >= 4 is 36.0 Å². The quantitative estimate of drug-likeness (QED) is 0.381. The predicted molar refractivity (Wildman–Crippen MR) is 110 cm³/mol. The number of amides is 1. The molecule has 1 unspecified atom stereocenters. The SMILES string of the molecule is CCC(CC)CNC(=NC)N1CCC(NC(=O)OC(C)(C)C)C1.I. The highest BCUT2D eigenvalue weighted by Gasteiger charge is 2.27. The molecule has 1 heterocycles. The number of ether oxygens (including phenoxy) is 1. The first-order valence-electron chi connectivity index (χ1n) is 8.74. The van der Waals surface area contributed by atoms with Crippen LogP contribution in [0.2, 0.25) is 0 Å². The highest BCUT2D eigenvalue weighted by molar-refractivity contribution is 14.0. The van der Waals surface area contributed by atoms with Crippen molar-refractivity contribution in [2.75, 3.05) is 26.7 Å². The molecule has 2 N–H and O–H groups in total. The van der Waals surface area contributed by atoms with E-state index in [1.54, 1.807) is 0 Å². The Kier molecular flexibility index (Phi) is 10.7. The van der Waals surface area contributed by atoms with Gasteiger partial charge in [0.15, 0.2) is 5.96 Å². The lowest BCUT2D eigenvalue weighted by molar-refractivity contribution is 0.0507. The van der Waals surface area contributed by atoms with Crippen molar-refractivity contribution in [3.05, 3.63) is 0 Å². The molecule has 0 aromatic rings. The van der Waals surface area contributed by atoms with E-state index in [9.17, 15) is 4.79 Å². The standard InChI is InChI=1S/C17H34N4O2.HI/c1-7-13(8-2)11-19-15(18-6)21-10-9-14(12-21)20-16(22)23-17(3,4)5;/h13-14H,7-12H2,1-6H3,(H,18,19)(H,20,22);1H. The summed E-state index contributed by atoms with van der Waals surface area (Å²) in [7, 11) is 1.81. The summed E-state index contributed by atoms with van der Waals surface area (Å²) in [6, 6.07) is 0.108. The van der Waals surface area contributed by atoms with Crippen LogP contribution in [0.15, 0.2) is 4.99 Å². The number of aliphatic imine (C=N–C) groups is 1. The van der Waals surface area contributed by atoms with Gasteiger partial charge in [-0.3, -0.25) is 4.99 Å². The van der Waals surface area contributed by atoms with Crippen LogP contribution in [0.1, 0.15) is 53.9 Å². The summed E-state index contributed by atoms with van der Waals surface area (Å²) in [5.41, 5.74) is -0.463. The van der Waals surface area contributed by atoms with Gasteiger partial charge in [-0.1, -0.05) is 26.7 Å². The molecule has 1 aliphatic rings. The molecule has 0 aliphatic carbocycles. The second kappa shape index (κ2) is 11.0. The lowest BCUT2D eigenvalue weighted by Crippen LogP contribution is -2.45. The maximum atomic E-state index is 11.9. The van der Waals surface area contributed by atoms with E-state index in [0.29, 0.717) is 5.92 Å². The maximum Gasteiger partial charge on any atom is 0.407 e. The third-order valence-electron chi connectivity index (χ3n) is 4.12. The zero-order valence-corrected chi connectivity index (χ0v) is 18.3. The summed E-state index contributed by atoms with van der Waals surface area (Å²) in [6.45, 7) is 12.7. The Morgan fingerprint density at radius 2 is 1.96 bits per heavy atom. The lowest BCUT2D eigenvalue weighted by atomic mass is 10.0. The van der Waals surface area contributed by atoms with Gasteiger partial charge in [0.25, 0.3) is 0 Å². The van der Waals surface area contributed by atoms with Crippen LogP contribution >= 0.6 is 24.0 Å². The van der Waals surface area contributed by atoms with Gasteiger partial charge >= 0.3 is 6.09 Å². The molecule has 0 spiro atoms. The number of nitrogens with one attached hydrogen (secondary N) is 2. The van der Waals surface area contributed by atoms with Crippen molar-refractivity contribution in [3.8, 4) is 0 Å². The number of nitrogens with zero attached hydrogens (tertiary/aromatic N) is 2. The number of alkyl carbamates (subject to hydrolysis) is 1. The Bertz CT molecular complexity index is 406. The summed E-state index contributed by atoms with van der Waals surface area (Å²) in [5, 5.41) is 6.40. The molecule has 1 fully saturated rings.